The van der Waals surface area contributed by atoms with Crippen LogP contribution in [-0.2, 0) is 42.9 Å². The number of para-hydroxylation sites is 1. The van der Waals surface area contributed by atoms with Gasteiger partial charge in [-0.15, -0.1) is 13.1 Å². The van der Waals surface area contributed by atoms with Crippen molar-refractivity contribution in [3.8, 4) is 0 Å². The Morgan fingerprint density at radius 3 is 2.50 bits per heavy atom. The molecule has 0 unspecified atom stereocenters. The van der Waals surface area contributed by atoms with Crippen molar-refractivity contribution in [2.24, 2.45) is 5.73 Å². The minimum Gasteiger partial charge on any atom is -0.660 e. The van der Waals surface area contributed by atoms with Gasteiger partial charge in [0.15, 0.2) is 0 Å². The summed E-state index contributed by atoms with van der Waals surface area (Å²) in [5, 5.41) is 7.03. The van der Waals surface area contributed by atoms with Gasteiger partial charge >= 0.3 is 0 Å². The largest absolute Gasteiger partial charge is 0.660 e. The average molecular weight is 293 g/mol. The van der Waals surface area contributed by atoms with E-state index in [1.54, 1.807) is 0 Å². The molecule has 2 aliphatic rings. The molecule has 4 nitrogen and oxygen atoms in total. The second kappa shape index (κ2) is 5.36. The summed E-state index contributed by atoms with van der Waals surface area (Å²) >= 11 is 0. The third-order valence-corrected chi connectivity index (χ3v) is 2.89. The van der Waals surface area contributed by atoms with Gasteiger partial charge < -0.3 is 16.4 Å². The number of nitrogens with two attached hydrogens (primary N) is 1. The van der Waals surface area contributed by atoms with Crippen LogP contribution >= 0.6 is 0 Å². The molecule has 1 spiro atoms. The van der Waals surface area contributed by atoms with E-state index in [1.807, 2.05) is 24.3 Å². The molecule has 1 fully saturated rings. The van der Waals surface area contributed by atoms with Crippen LogP contribution < -0.4 is 11.1 Å². The molecule has 1 radical (unpaired) electrons. The molecule has 1 saturated heterocycles. The van der Waals surface area contributed by atoms with Crippen molar-refractivity contribution >= 4 is 11.6 Å². The van der Waals surface area contributed by atoms with Crippen LogP contribution in [0, 0.1) is 0 Å². The maximum atomic E-state index is 11.7. The second-order valence-electron chi connectivity index (χ2n) is 3.62. The van der Waals surface area contributed by atoms with E-state index >= 15 is 0 Å². The summed E-state index contributed by atoms with van der Waals surface area (Å²) in [6.07, 6.45) is 0. The molecular weight excluding hydrogens is 279 g/mol. The number of amides is 1. The topological polar surface area (TPSA) is 69.2 Å². The number of hydrogen-bond acceptors (Lipinski definition) is 2. The standard InChI is InChI=1S/C10H9N2O.CH5N.Y/c13-9-10(5-11-6-10)7-3-1-2-4-8(7)12-9;1-2;/h1-4H,5-6H2,(H,12,13);2H2,1H3;/q-1;;. The Bertz CT molecular complexity index is 391. The molecule has 5 heteroatoms. The average Bonchev–Trinajstić information content (AvgIpc) is 2.52. The third-order valence-electron chi connectivity index (χ3n) is 2.89. The van der Waals surface area contributed by atoms with Gasteiger partial charge in [-0.05, 0) is 18.7 Å². The molecule has 1 aromatic carbocycles. The maximum absolute atomic E-state index is 11.7. The molecule has 2 aliphatic heterocycles. The summed E-state index contributed by atoms with van der Waals surface area (Å²) in [4.78, 5) is 11.7. The Morgan fingerprint density at radius 1 is 1.31 bits per heavy atom. The van der Waals surface area contributed by atoms with Gasteiger partial charge in [0.2, 0.25) is 5.91 Å². The molecule has 0 atom stereocenters. The maximum Gasteiger partial charge on any atom is 0.231 e. The number of nitrogens with zero attached hydrogens (tertiary/aromatic N) is 1. The van der Waals surface area contributed by atoms with Crippen molar-refractivity contribution in [1.29, 1.82) is 0 Å². The summed E-state index contributed by atoms with van der Waals surface area (Å²) in [5.74, 6) is 0.115. The van der Waals surface area contributed by atoms with Crippen molar-refractivity contribution in [3.05, 3.63) is 35.1 Å². The first-order valence-corrected chi connectivity index (χ1v) is 4.95. The van der Waals surface area contributed by atoms with E-state index in [0.29, 0.717) is 13.1 Å². The van der Waals surface area contributed by atoms with Gasteiger partial charge in [0.25, 0.3) is 0 Å². The molecule has 83 valence electrons. The molecule has 0 aromatic heterocycles. The van der Waals surface area contributed by atoms with E-state index in [2.05, 4.69) is 16.4 Å². The van der Waals surface area contributed by atoms with Crippen LogP contribution in [0.3, 0.4) is 0 Å². The smallest absolute Gasteiger partial charge is 0.231 e. The quantitative estimate of drug-likeness (QED) is 0.744. The van der Waals surface area contributed by atoms with Crippen LogP contribution in [0.15, 0.2) is 24.3 Å². The van der Waals surface area contributed by atoms with Crippen molar-refractivity contribution in [2.45, 2.75) is 5.41 Å². The van der Waals surface area contributed by atoms with E-state index < -0.39 is 0 Å². The van der Waals surface area contributed by atoms with Gasteiger partial charge in [-0.25, -0.2) is 0 Å². The molecule has 0 saturated carbocycles. The Hall–Kier alpha value is -0.286. The van der Waals surface area contributed by atoms with Crippen LogP contribution in [-0.4, -0.2) is 26.0 Å². The van der Waals surface area contributed by atoms with Gasteiger partial charge in [-0.2, -0.15) is 0 Å². The minimum absolute atomic E-state index is 0. The molecule has 0 aliphatic carbocycles. The van der Waals surface area contributed by atoms with E-state index in [-0.39, 0.29) is 44.0 Å². The van der Waals surface area contributed by atoms with Gasteiger partial charge in [0.05, 0.1) is 0 Å². The molecule has 16 heavy (non-hydrogen) atoms. The molecule has 3 N–H and O–H groups in total. The Labute approximate surface area is 120 Å². The molecular formula is C11H14N3OY-. The fourth-order valence-electron chi connectivity index (χ4n) is 2.02. The van der Waals surface area contributed by atoms with E-state index in [4.69, 9.17) is 0 Å². The minimum atomic E-state index is -0.309. The molecule has 3 rings (SSSR count). The van der Waals surface area contributed by atoms with Crippen molar-refractivity contribution in [3.63, 3.8) is 0 Å². The molecule has 0 bridgehead atoms. The molecule has 1 aromatic rings. The number of nitrogens with one attached hydrogen (secondary N) is 1. The fraction of sp³-hybridized carbons (Fsp3) is 0.364. The van der Waals surface area contributed by atoms with E-state index in [1.165, 1.54) is 7.05 Å². The van der Waals surface area contributed by atoms with Crippen LogP contribution in [0.2, 0.25) is 0 Å². The predicted octanol–water partition coefficient (Wildman–Crippen LogP) is 0.836. The van der Waals surface area contributed by atoms with Crippen LogP contribution in [0.4, 0.5) is 5.69 Å². The SMILES string of the molecule is CN.O=C1Nc2ccccc2C12C[N-]C2.[Y]. The molecule has 2 heterocycles. The van der Waals surface area contributed by atoms with Crippen LogP contribution in [0.25, 0.3) is 5.32 Å². The normalized spacial score (nSPS) is 18.5. The Morgan fingerprint density at radius 2 is 1.94 bits per heavy atom. The third kappa shape index (κ3) is 1.84. The van der Waals surface area contributed by atoms with Crippen LogP contribution in [0.1, 0.15) is 5.56 Å². The van der Waals surface area contributed by atoms with Crippen molar-refractivity contribution < 1.29 is 37.5 Å². The Kier molecular flexibility index (Phi) is 4.62. The van der Waals surface area contributed by atoms with Gasteiger partial charge in [0.1, 0.15) is 0 Å². The summed E-state index contributed by atoms with van der Waals surface area (Å²) < 4.78 is 0. The van der Waals surface area contributed by atoms with E-state index in [9.17, 15) is 4.79 Å². The Balaban J connectivity index is 0.000000406. The summed E-state index contributed by atoms with van der Waals surface area (Å²) in [7, 11) is 1.50. The zero-order valence-electron chi connectivity index (χ0n) is 9.23. The summed E-state index contributed by atoms with van der Waals surface area (Å²) in [5.41, 5.74) is 6.27. The van der Waals surface area contributed by atoms with Gasteiger partial charge in [-0.1, -0.05) is 18.2 Å². The van der Waals surface area contributed by atoms with Crippen LogP contribution in [0.5, 0.6) is 0 Å². The summed E-state index contributed by atoms with van der Waals surface area (Å²) in [6, 6.07) is 7.87. The van der Waals surface area contributed by atoms with Gasteiger partial charge in [-0.3, -0.25) is 4.79 Å². The fourth-order valence-corrected chi connectivity index (χ4v) is 2.02. The van der Waals surface area contributed by atoms with Crippen molar-refractivity contribution in [2.75, 3.05) is 25.5 Å². The van der Waals surface area contributed by atoms with Crippen molar-refractivity contribution in [1.82, 2.24) is 0 Å². The zero-order chi connectivity index (χ0) is 10.9. The first-order chi connectivity index (χ1) is 7.33. The first-order valence-electron chi connectivity index (χ1n) is 4.95. The second-order valence-corrected chi connectivity index (χ2v) is 3.62. The number of rotatable bonds is 0. The number of hydrogen-bond donors (Lipinski definition) is 2. The number of carbonyl (C=O) groups is 1. The monoisotopic (exact) mass is 293 g/mol. The van der Waals surface area contributed by atoms with Gasteiger partial charge in [0, 0.05) is 43.8 Å². The number of fused-ring (bicyclic) bond motifs is 2. The number of anilines is 1. The zero-order valence-corrected chi connectivity index (χ0v) is 12.1. The first kappa shape index (κ1) is 13.8. The predicted molar refractivity (Wildman–Crippen MR) is 60.0 cm³/mol. The number of carbonyl (C=O) groups excluding carboxylic acids is 1. The van der Waals surface area contributed by atoms with E-state index in [0.717, 1.165) is 11.3 Å². The number of benzene rings is 1. The molecule has 1 amide bonds. The summed E-state index contributed by atoms with van der Waals surface area (Å²) in [6.45, 7) is 1.30.